The minimum Gasteiger partial charge on any atom is -0.476 e. The summed E-state index contributed by atoms with van der Waals surface area (Å²) in [5.74, 6) is -0.312. The number of hydrogen-bond acceptors (Lipinski definition) is 4. The van der Waals surface area contributed by atoms with Gasteiger partial charge in [0.25, 0.3) is 0 Å². The first-order valence-corrected chi connectivity index (χ1v) is 6.13. The number of nitrogens with zero attached hydrogens (tertiary/aromatic N) is 1. The molecule has 1 aromatic heterocycles. The van der Waals surface area contributed by atoms with Crippen molar-refractivity contribution in [1.82, 2.24) is 4.98 Å². The molecule has 1 aromatic carbocycles. The maximum atomic E-state index is 11.3. The average Bonchev–Trinajstić information content (AvgIpc) is 3.08. The highest BCUT2D eigenvalue weighted by Gasteiger charge is 2.29. The summed E-state index contributed by atoms with van der Waals surface area (Å²) in [5, 5.41) is 9.22. The standard InChI is InChI=1S/C14H13NO4/c16-14(17)11-12(10-6-7-18-8-10)19-13(15-11)9-4-2-1-3-5-9/h1-5,10H,6-8H2,(H,16,17). The van der Waals surface area contributed by atoms with Crippen molar-refractivity contribution in [2.45, 2.75) is 12.3 Å². The number of rotatable bonds is 3. The fourth-order valence-corrected chi connectivity index (χ4v) is 2.21. The van der Waals surface area contributed by atoms with E-state index in [1.54, 1.807) is 0 Å². The molecule has 0 radical (unpaired) electrons. The summed E-state index contributed by atoms with van der Waals surface area (Å²) in [4.78, 5) is 15.4. The molecule has 0 amide bonds. The first-order valence-electron chi connectivity index (χ1n) is 6.13. The first-order chi connectivity index (χ1) is 9.25. The van der Waals surface area contributed by atoms with Crippen molar-refractivity contribution in [2.24, 2.45) is 0 Å². The van der Waals surface area contributed by atoms with Gasteiger partial charge in [0.1, 0.15) is 5.76 Å². The van der Waals surface area contributed by atoms with E-state index in [9.17, 15) is 9.90 Å². The van der Waals surface area contributed by atoms with E-state index in [2.05, 4.69) is 4.98 Å². The van der Waals surface area contributed by atoms with E-state index >= 15 is 0 Å². The number of aromatic carboxylic acids is 1. The average molecular weight is 259 g/mol. The zero-order valence-electron chi connectivity index (χ0n) is 10.2. The number of carboxylic acid groups (broad SMARTS) is 1. The van der Waals surface area contributed by atoms with Crippen LogP contribution in [0.5, 0.6) is 0 Å². The maximum absolute atomic E-state index is 11.3. The molecule has 5 nitrogen and oxygen atoms in total. The Kier molecular flexibility index (Phi) is 3.05. The number of aromatic nitrogens is 1. The lowest BCUT2D eigenvalue weighted by molar-refractivity contribution is 0.0687. The van der Waals surface area contributed by atoms with Gasteiger partial charge in [-0.3, -0.25) is 0 Å². The molecule has 98 valence electrons. The number of hydrogen-bond donors (Lipinski definition) is 1. The summed E-state index contributed by atoms with van der Waals surface area (Å²) in [6.45, 7) is 1.12. The Bertz CT molecular complexity index is 585. The normalized spacial score (nSPS) is 18.6. The van der Waals surface area contributed by atoms with Crippen molar-refractivity contribution < 1.29 is 19.1 Å². The first kappa shape index (κ1) is 11.9. The number of carboxylic acids is 1. The van der Waals surface area contributed by atoms with Crippen LogP contribution in [0.2, 0.25) is 0 Å². The fourth-order valence-electron chi connectivity index (χ4n) is 2.21. The summed E-state index contributed by atoms with van der Waals surface area (Å²) < 4.78 is 11.0. The summed E-state index contributed by atoms with van der Waals surface area (Å²) in [6, 6.07) is 9.28. The van der Waals surface area contributed by atoms with Gasteiger partial charge in [-0.1, -0.05) is 18.2 Å². The Labute approximate surface area is 109 Å². The van der Waals surface area contributed by atoms with Crippen LogP contribution in [0.1, 0.15) is 28.6 Å². The predicted octanol–water partition coefficient (Wildman–Crippen LogP) is 2.54. The molecule has 0 saturated carbocycles. The van der Waals surface area contributed by atoms with E-state index in [-0.39, 0.29) is 11.6 Å². The molecule has 1 aliphatic heterocycles. The van der Waals surface area contributed by atoms with Gasteiger partial charge in [-0.2, -0.15) is 0 Å². The van der Waals surface area contributed by atoms with Crippen LogP contribution in [0.25, 0.3) is 11.5 Å². The topological polar surface area (TPSA) is 72.6 Å². The Morgan fingerprint density at radius 3 is 2.74 bits per heavy atom. The molecule has 0 aliphatic carbocycles. The molecule has 1 N–H and O–H groups in total. The van der Waals surface area contributed by atoms with Crippen LogP contribution in [-0.2, 0) is 4.74 Å². The van der Waals surface area contributed by atoms with Crippen LogP contribution >= 0.6 is 0 Å². The van der Waals surface area contributed by atoms with Crippen LogP contribution in [-0.4, -0.2) is 29.3 Å². The molecule has 5 heteroatoms. The van der Waals surface area contributed by atoms with E-state index in [0.29, 0.717) is 24.9 Å². The molecule has 2 aromatic rings. The molecule has 1 aliphatic rings. The summed E-state index contributed by atoms with van der Waals surface area (Å²) in [7, 11) is 0. The second-order valence-corrected chi connectivity index (χ2v) is 4.46. The number of benzene rings is 1. The van der Waals surface area contributed by atoms with Crippen molar-refractivity contribution in [2.75, 3.05) is 13.2 Å². The predicted molar refractivity (Wildman–Crippen MR) is 67.1 cm³/mol. The Morgan fingerprint density at radius 1 is 1.32 bits per heavy atom. The van der Waals surface area contributed by atoms with E-state index in [1.165, 1.54) is 0 Å². The minimum atomic E-state index is -1.06. The molecule has 19 heavy (non-hydrogen) atoms. The third-order valence-electron chi connectivity index (χ3n) is 3.18. The monoisotopic (exact) mass is 259 g/mol. The quantitative estimate of drug-likeness (QED) is 0.917. The Morgan fingerprint density at radius 2 is 2.11 bits per heavy atom. The van der Waals surface area contributed by atoms with Gasteiger partial charge >= 0.3 is 5.97 Å². The van der Waals surface area contributed by atoms with Crippen molar-refractivity contribution >= 4 is 5.97 Å². The van der Waals surface area contributed by atoms with Crippen LogP contribution in [0.4, 0.5) is 0 Å². The van der Waals surface area contributed by atoms with Crippen LogP contribution in [0.3, 0.4) is 0 Å². The third-order valence-corrected chi connectivity index (χ3v) is 3.18. The third kappa shape index (κ3) is 2.24. The highest BCUT2D eigenvalue weighted by molar-refractivity contribution is 5.87. The molecule has 2 heterocycles. The van der Waals surface area contributed by atoms with Crippen molar-refractivity contribution in [3.05, 3.63) is 41.8 Å². The minimum absolute atomic E-state index is 0.00523. The van der Waals surface area contributed by atoms with Crippen LogP contribution in [0.15, 0.2) is 34.7 Å². The number of ether oxygens (including phenoxy) is 1. The van der Waals surface area contributed by atoms with Gasteiger partial charge in [-0.05, 0) is 18.6 Å². The Hall–Kier alpha value is -2.14. The van der Waals surface area contributed by atoms with Crippen LogP contribution < -0.4 is 0 Å². The number of oxazole rings is 1. The molecule has 1 fully saturated rings. The van der Waals surface area contributed by atoms with Gasteiger partial charge in [-0.15, -0.1) is 0 Å². The van der Waals surface area contributed by atoms with Crippen molar-refractivity contribution in [3.8, 4) is 11.5 Å². The summed E-state index contributed by atoms with van der Waals surface area (Å²) in [6.07, 6.45) is 0.768. The SMILES string of the molecule is O=C(O)c1nc(-c2ccccc2)oc1C1CCOC1. The smallest absolute Gasteiger partial charge is 0.358 e. The van der Waals surface area contributed by atoms with Gasteiger partial charge in [0.2, 0.25) is 5.89 Å². The second kappa shape index (κ2) is 4.85. The lowest BCUT2D eigenvalue weighted by atomic mass is 10.0. The zero-order valence-corrected chi connectivity index (χ0v) is 10.2. The largest absolute Gasteiger partial charge is 0.476 e. The molecule has 0 bridgehead atoms. The fraction of sp³-hybridized carbons (Fsp3) is 0.286. The highest BCUT2D eigenvalue weighted by atomic mass is 16.5. The second-order valence-electron chi connectivity index (χ2n) is 4.46. The van der Waals surface area contributed by atoms with E-state index in [4.69, 9.17) is 9.15 Å². The van der Waals surface area contributed by atoms with Gasteiger partial charge in [0.15, 0.2) is 5.69 Å². The van der Waals surface area contributed by atoms with Crippen molar-refractivity contribution in [3.63, 3.8) is 0 Å². The van der Waals surface area contributed by atoms with Gasteiger partial charge < -0.3 is 14.3 Å². The molecular weight excluding hydrogens is 246 g/mol. The van der Waals surface area contributed by atoms with Crippen LogP contribution in [0, 0.1) is 0 Å². The molecule has 0 spiro atoms. The lowest BCUT2D eigenvalue weighted by Gasteiger charge is -2.03. The number of carbonyl (C=O) groups is 1. The van der Waals surface area contributed by atoms with E-state index in [1.807, 2.05) is 30.3 Å². The molecule has 1 saturated heterocycles. The van der Waals surface area contributed by atoms with E-state index in [0.717, 1.165) is 12.0 Å². The van der Waals surface area contributed by atoms with Gasteiger partial charge in [-0.25, -0.2) is 9.78 Å². The summed E-state index contributed by atoms with van der Waals surface area (Å²) >= 11 is 0. The molecule has 3 rings (SSSR count). The highest BCUT2D eigenvalue weighted by Crippen LogP contribution is 2.31. The lowest BCUT2D eigenvalue weighted by Crippen LogP contribution is -2.05. The van der Waals surface area contributed by atoms with Gasteiger partial charge in [0.05, 0.1) is 6.61 Å². The van der Waals surface area contributed by atoms with Gasteiger partial charge in [0, 0.05) is 18.1 Å². The van der Waals surface area contributed by atoms with E-state index < -0.39 is 5.97 Å². The summed E-state index contributed by atoms with van der Waals surface area (Å²) in [5.41, 5.74) is 0.768. The molecular formula is C14H13NO4. The zero-order chi connectivity index (χ0) is 13.2. The molecule has 1 atom stereocenters. The molecule has 1 unspecified atom stereocenters. The maximum Gasteiger partial charge on any atom is 0.358 e. The Balaban J connectivity index is 2.04. The van der Waals surface area contributed by atoms with Crippen molar-refractivity contribution in [1.29, 1.82) is 0 Å².